The van der Waals surface area contributed by atoms with Crippen LogP contribution in [0.25, 0.3) is 0 Å². The lowest BCUT2D eigenvalue weighted by molar-refractivity contribution is 0.464. The Bertz CT molecular complexity index is 617. The molecule has 4 heteroatoms. The first-order valence-corrected chi connectivity index (χ1v) is 7.55. The van der Waals surface area contributed by atoms with Crippen molar-refractivity contribution >= 4 is 27.5 Å². The molecule has 1 atom stereocenters. The lowest BCUT2D eigenvalue weighted by Gasteiger charge is -2.17. The van der Waals surface area contributed by atoms with Crippen molar-refractivity contribution in [1.82, 2.24) is 0 Å². The second kappa shape index (κ2) is 6.17. The summed E-state index contributed by atoms with van der Waals surface area (Å²) in [5.74, 6) is 1.59. The molecule has 0 radical (unpaired) electrons. The van der Waals surface area contributed by atoms with E-state index in [4.69, 9.17) is 22.1 Å². The molecule has 0 heterocycles. The van der Waals surface area contributed by atoms with Crippen LogP contribution in [0.1, 0.15) is 29.7 Å². The van der Waals surface area contributed by atoms with Crippen LogP contribution < -0.4 is 10.5 Å². The largest absolute Gasteiger partial charge is 0.456 e. The second-order valence-corrected chi connectivity index (χ2v) is 6.29. The standard InChI is InChI=1S/C16H17BrClNO/c1-9-6-13(18)7-10(2)16(9)20-15-8-12(17)4-5-14(15)11(3)19/h4-8,11H,19H2,1-3H3. The Labute approximate surface area is 133 Å². The molecule has 106 valence electrons. The Morgan fingerprint density at radius 2 is 1.75 bits per heavy atom. The molecule has 0 spiro atoms. The van der Waals surface area contributed by atoms with E-state index < -0.39 is 0 Å². The van der Waals surface area contributed by atoms with E-state index in [1.165, 1.54) is 0 Å². The number of hydrogen-bond acceptors (Lipinski definition) is 2. The molecule has 2 rings (SSSR count). The molecule has 2 nitrogen and oxygen atoms in total. The fourth-order valence-electron chi connectivity index (χ4n) is 2.14. The van der Waals surface area contributed by atoms with Gasteiger partial charge in [0.2, 0.25) is 0 Å². The van der Waals surface area contributed by atoms with E-state index in [1.54, 1.807) is 0 Å². The third kappa shape index (κ3) is 3.35. The van der Waals surface area contributed by atoms with E-state index in [1.807, 2.05) is 51.1 Å². The Morgan fingerprint density at radius 3 is 2.30 bits per heavy atom. The molecule has 0 aliphatic carbocycles. The number of rotatable bonds is 3. The van der Waals surface area contributed by atoms with Gasteiger partial charge in [0.25, 0.3) is 0 Å². The van der Waals surface area contributed by atoms with Gasteiger partial charge in [0.15, 0.2) is 0 Å². The Hall–Kier alpha value is -1.03. The molecule has 0 amide bonds. The fraction of sp³-hybridized carbons (Fsp3) is 0.250. The van der Waals surface area contributed by atoms with Crippen LogP contribution in [0.4, 0.5) is 0 Å². The van der Waals surface area contributed by atoms with Gasteiger partial charge in [-0.05, 0) is 56.2 Å². The molecule has 0 aliphatic rings. The van der Waals surface area contributed by atoms with Gasteiger partial charge in [-0.15, -0.1) is 0 Å². The summed E-state index contributed by atoms with van der Waals surface area (Å²) in [4.78, 5) is 0. The molecule has 0 aliphatic heterocycles. The number of nitrogens with two attached hydrogens (primary N) is 1. The third-order valence-corrected chi connectivity index (χ3v) is 3.81. The van der Waals surface area contributed by atoms with Crippen molar-refractivity contribution in [3.8, 4) is 11.5 Å². The zero-order valence-corrected chi connectivity index (χ0v) is 14.0. The van der Waals surface area contributed by atoms with Crippen molar-refractivity contribution in [3.05, 3.63) is 56.5 Å². The first kappa shape index (κ1) is 15.4. The zero-order chi connectivity index (χ0) is 14.9. The van der Waals surface area contributed by atoms with Gasteiger partial charge in [-0.3, -0.25) is 0 Å². The van der Waals surface area contributed by atoms with Crippen LogP contribution in [0.5, 0.6) is 11.5 Å². The van der Waals surface area contributed by atoms with Gasteiger partial charge < -0.3 is 10.5 Å². The molecule has 0 fully saturated rings. The Morgan fingerprint density at radius 1 is 1.15 bits per heavy atom. The molecule has 2 aromatic rings. The average molecular weight is 355 g/mol. The molecule has 20 heavy (non-hydrogen) atoms. The van der Waals surface area contributed by atoms with E-state index in [2.05, 4.69) is 15.9 Å². The molecule has 0 saturated carbocycles. The van der Waals surface area contributed by atoms with Gasteiger partial charge in [0.1, 0.15) is 11.5 Å². The molecule has 0 saturated heterocycles. The predicted molar refractivity (Wildman–Crippen MR) is 87.7 cm³/mol. The second-order valence-electron chi connectivity index (χ2n) is 4.94. The fourth-order valence-corrected chi connectivity index (χ4v) is 2.81. The van der Waals surface area contributed by atoms with E-state index in [0.717, 1.165) is 32.7 Å². The lowest BCUT2D eigenvalue weighted by atomic mass is 10.1. The maximum atomic E-state index is 6.10. The molecule has 0 aromatic heterocycles. The van der Waals surface area contributed by atoms with Crippen LogP contribution >= 0.6 is 27.5 Å². The van der Waals surface area contributed by atoms with Gasteiger partial charge in [-0.25, -0.2) is 0 Å². The number of aryl methyl sites for hydroxylation is 2. The van der Waals surface area contributed by atoms with Crippen LogP contribution in [-0.2, 0) is 0 Å². The number of hydrogen-bond donors (Lipinski definition) is 1. The van der Waals surface area contributed by atoms with Crippen molar-refractivity contribution in [2.24, 2.45) is 5.73 Å². The third-order valence-electron chi connectivity index (χ3n) is 3.10. The van der Waals surface area contributed by atoms with Crippen molar-refractivity contribution < 1.29 is 4.74 Å². The molecule has 2 aromatic carbocycles. The molecule has 0 bridgehead atoms. The summed E-state index contributed by atoms with van der Waals surface area (Å²) < 4.78 is 7.06. The topological polar surface area (TPSA) is 35.2 Å². The van der Waals surface area contributed by atoms with Crippen molar-refractivity contribution in [3.63, 3.8) is 0 Å². The minimum atomic E-state index is -0.0917. The molecule has 1 unspecified atom stereocenters. The Kier molecular flexibility index (Phi) is 4.74. The highest BCUT2D eigenvalue weighted by Gasteiger charge is 2.13. The van der Waals surface area contributed by atoms with E-state index in [9.17, 15) is 0 Å². The number of benzene rings is 2. The van der Waals surface area contributed by atoms with Crippen molar-refractivity contribution in [2.45, 2.75) is 26.8 Å². The van der Waals surface area contributed by atoms with Crippen LogP contribution in [0, 0.1) is 13.8 Å². The first-order valence-electron chi connectivity index (χ1n) is 6.38. The van der Waals surface area contributed by atoms with Gasteiger partial charge >= 0.3 is 0 Å². The molecular weight excluding hydrogens is 338 g/mol. The summed E-state index contributed by atoms with van der Waals surface area (Å²) in [5, 5.41) is 0.717. The quantitative estimate of drug-likeness (QED) is 0.786. The summed E-state index contributed by atoms with van der Waals surface area (Å²) >= 11 is 9.51. The van der Waals surface area contributed by atoms with E-state index in [-0.39, 0.29) is 6.04 Å². The van der Waals surface area contributed by atoms with Crippen LogP contribution in [0.3, 0.4) is 0 Å². The number of halogens is 2. The van der Waals surface area contributed by atoms with Gasteiger partial charge in [-0.2, -0.15) is 0 Å². The molecule has 2 N–H and O–H groups in total. The van der Waals surface area contributed by atoms with Gasteiger partial charge in [0, 0.05) is 21.1 Å². The number of ether oxygens (including phenoxy) is 1. The van der Waals surface area contributed by atoms with Gasteiger partial charge in [-0.1, -0.05) is 33.6 Å². The van der Waals surface area contributed by atoms with Crippen molar-refractivity contribution in [1.29, 1.82) is 0 Å². The summed E-state index contributed by atoms with van der Waals surface area (Å²) in [6.45, 7) is 5.91. The lowest BCUT2D eigenvalue weighted by Crippen LogP contribution is -2.07. The summed E-state index contributed by atoms with van der Waals surface area (Å²) in [7, 11) is 0. The highest BCUT2D eigenvalue weighted by molar-refractivity contribution is 9.10. The van der Waals surface area contributed by atoms with E-state index in [0.29, 0.717) is 5.02 Å². The summed E-state index contributed by atoms with van der Waals surface area (Å²) in [5.41, 5.74) is 8.99. The van der Waals surface area contributed by atoms with E-state index >= 15 is 0 Å². The normalized spacial score (nSPS) is 12.3. The maximum absolute atomic E-state index is 6.10. The molecular formula is C16H17BrClNO. The summed E-state index contributed by atoms with van der Waals surface area (Å²) in [6, 6.07) is 9.58. The smallest absolute Gasteiger partial charge is 0.133 e. The van der Waals surface area contributed by atoms with Crippen LogP contribution in [-0.4, -0.2) is 0 Å². The van der Waals surface area contributed by atoms with Gasteiger partial charge in [0.05, 0.1) is 0 Å². The highest BCUT2D eigenvalue weighted by Crippen LogP contribution is 2.35. The zero-order valence-electron chi connectivity index (χ0n) is 11.7. The van der Waals surface area contributed by atoms with Crippen LogP contribution in [0.15, 0.2) is 34.8 Å². The monoisotopic (exact) mass is 353 g/mol. The minimum Gasteiger partial charge on any atom is -0.456 e. The highest BCUT2D eigenvalue weighted by atomic mass is 79.9. The first-order chi connectivity index (χ1) is 9.38. The summed E-state index contributed by atoms with van der Waals surface area (Å²) in [6.07, 6.45) is 0. The van der Waals surface area contributed by atoms with Crippen LogP contribution in [0.2, 0.25) is 5.02 Å². The average Bonchev–Trinajstić information content (AvgIpc) is 2.33. The predicted octanol–water partition coefficient (Wildman–Crippen LogP) is 5.53. The SMILES string of the molecule is Cc1cc(Cl)cc(C)c1Oc1cc(Br)ccc1C(C)N. The minimum absolute atomic E-state index is 0.0917. The van der Waals surface area contributed by atoms with Crippen molar-refractivity contribution in [2.75, 3.05) is 0 Å². The Balaban J connectivity index is 2.47. The maximum Gasteiger partial charge on any atom is 0.133 e.